The van der Waals surface area contributed by atoms with Gasteiger partial charge >= 0.3 is 0 Å². The molecular formula is C12H14ClN3OS. The predicted octanol–water partition coefficient (Wildman–Crippen LogP) is 3.33. The molecule has 0 fully saturated rings. The van der Waals surface area contributed by atoms with Gasteiger partial charge in [-0.15, -0.1) is 10.2 Å². The van der Waals surface area contributed by atoms with Crippen molar-refractivity contribution in [2.24, 2.45) is 7.05 Å². The molecule has 1 heterocycles. The van der Waals surface area contributed by atoms with Crippen LogP contribution in [0.2, 0.25) is 5.02 Å². The Labute approximate surface area is 115 Å². The molecule has 6 heteroatoms. The molecule has 0 N–H and O–H groups in total. The van der Waals surface area contributed by atoms with E-state index in [-0.39, 0.29) is 5.25 Å². The number of halogens is 1. The maximum absolute atomic E-state index is 6.12. The van der Waals surface area contributed by atoms with Crippen molar-refractivity contribution in [3.05, 3.63) is 35.1 Å². The smallest absolute Gasteiger partial charge is 0.191 e. The Hall–Kier alpha value is -1.20. The van der Waals surface area contributed by atoms with E-state index in [1.807, 2.05) is 29.8 Å². The van der Waals surface area contributed by atoms with Gasteiger partial charge in [-0.1, -0.05) is 29.4 Å². The third-order valence-corrected chi connectivity index (χ3v) is 4.10. The van der Waals surface area contributed by atoms with E-state index >= 15 is 0 Å². The molecule has 0 aliphatic carbocycles. The molecule has 0 saturated heterocycles. The maximum Gasteiger partial charge on any atom is 0.191 e. The molecule has 0 spiro atoms. The molecule has 0 amide bonds. The molecule has 2 rings (SSSR count). The van der Waals surface area contributed by atoms with Gasteiger partial charge in [-0.3, -0.25) is 0 Å². The van der Waals surface area contributed by atoms with E-state index in [1.54, 1.807) is 25.2 Å². The number of thioether (sulfide) groups is 1. The van der Waals surface area contributed by atoms with E-state index in [2.05, 4.69) is 17.1 Å². The number of rotatable bonds is 4. The molecule has 0 aliphatic heterocycles. The van der Waals surface area contributed by atoms with E-state index in [4.69, 9.17) is 16.3 Å². The van der Waals surface area contributed by atoms with Gasteiger partial charge < -0.3 is 9.30 Å². The highest BCUT2D eigenvalue weighted by Gasteiger charge is 2.12. The minimum Gasteiger partial charge on any atom is -0.495 e. The molecule has 4 nitrogen and oxygen atoms in total. The van der Waals surface area contributed by atoms with Crippen molar-refractivity contribution in [1.29, 1.82) is 0 Å². The SMILES string of the molecule is COc1ccc(C(C)Sc2nncn2C)cc1Cl. The Morgan fingerprint density at radius 1 is 1.44 bits per heavy atom. The van der Waals surface area contributed by atoms with Gasteiger partial charge in [-0.25, -0.2) is 0 Å². The molecule has 0 radical (unpaired) electrons. The Kier molecular flexibility index (Phi) is 4.14. The lowest BCUT2D eigenvalue weighted by molar-refractivity contribution is 0.415. The number of methoxy groups -OCH3 is 1. The Morgan fingerprint density at radius 3 is 2.78 bits per heavy atom. The molecule has 2 aromatic rings. The number of ether oxygens (including phenoxy) is 1. The number of nitrogens with zero attached hydrogens (tertiary/aromatic N) is 3. The highest BCUT2D eigenvalue weighted by Crippen LogP contribution is 2.36. The highest BCUT2D eigenvalue weighted by molar-refractivity contribution is 7.99. The zero-order valence-electron chi connectivity index (χ0n) is 10.4. The second-order valence-electron chi connectivity index (χ2n) is 3.88. The minimum absolute atomic E-state index is 0.247. The highest BCUT2D eigenvalue weighted by atomic mass is 35.5. The quantitative estimate of drug-likeness (QED) is 0.807. The summed E-state index contributed by atoms with van der Waals surface area (Å²) in [4.78, 5) is 0. The molecule has 1 aromatic heterocycles. The van der Waals surface area contributed by atoms with Crippen LogP contribution >= 0.6 is 23.4 Å². The number of hydrogen-bond acceptors (Lipinski definition) is 4. The average molecular weight is 284 g/mol. The normalized spacial score (nSPS) is 12.4. The van der Waals surface area contributed by atoms with Gasteiger partial charge in [0, 0.05) is 12.3 Å². The van der Waals surface area contributed by atoms with Crippen LogP contribution in [0.15, 0.2) is 29.7 Å². The topological polar surface area (TPSA) is 39.9 Å². The average Bonchev–Trinajstić information content (AvgIpc) is 2.75. The van der Waals surface area contributed by atoms with Crippen LogP contribution in [0.3, 0.4) is 0 Å². The van der Waals surface area contributed by atoms with Crippen molar-refractivity contribution in [1.82, 2.24) is 14.8 Å². The Bertz CT molecular complexity index is 544. The summed E-state index contributed by atoms with van der Waals surface area (Å²) in [6, 6.07) is 5.82. The molecule has 18 heavy (non-hydrogen) atoms. The van der Waals surface area contributed by atoms with Crippen molar-refractivity contribution in [2.45, 2.75) is 17.3 Å². The molecule has 96 valence electrons. The van der Waals surface area contributed by atoms with Crippen molar-refractivity contribution in [2.75, 3.05) is 7.11 Å². The Balaban J connectivity index is 2.16. The first-order chi connectivity index (χ1) is 8.61. The molecule has 1 unspecified atom stereocenters. The number of aryl methyl sites for hydroxylation is 1. The van der Waals surface area contributed by atoms with Gasteiger partial charge in [-0.2, -0.15) is 0 Å². The zero-order valence-corrected chi connectivity index (χ0v) is 12.0. The molecule has 1 aromatic carbocycles. The van der Waals surface area contributed by atoms with Gasteiger partial charge in [0.25, 0.3) is 0 Å². The number of benzene rings is 1. The summed E-state index contributed by atoms with van der Waals surface area (Å²) in [5.41, 5.74) is 1.13. The predicted molar refractivity (Wildman–Crippen MR) is 73.3 cm³/mol. The van der Waals surface area contributed by atoms with Crippen LogP contribution < -0.4 is 4.74 Å². The molecule has 0 aliphatic rings. The lowest BCUT2D eigenvalue weighted by atomic mass is 10.1. The first-order valence-electron chi connectivity index (χ1n) is 5.46. The monoisotopic (exact) mass is 283 g/mol. The van der Waals surface area contributed by atoms with Crippen LogP contribution in [-0.4, -0.2) is 21.9 Å². The van der Waals surface area contributed by atoms with E-state index in [9.17, 15) is 0 Å². The van der Waals surface area contributed by atoms with Gasteiger partial charge in [0.05, 0.1) is 12.1 Å². The van der Waals surface area contributed by atoms with Crippen molar-refractivity contribution >= 4 is 23.4 Å². The standard InChI is InChI=1S/C12H14ClN3OS/c1-8(18-12-15-14-7-16(12)2)9-4-5-11(17-3)10(13)6-9/h4-8H,1-3H3. The van der Waals surface area contributed by atoms with E-state index in [1.165, 1.54) is 0 Å². The minimum atomic E-state index is 0.247. The summed E-state index contributed by atoms with van der Waals surface area (Å²) >= 11 is 7.76. The fourth-order valence-electron chi connectivity index (χ4n) is 1.54. The van der Waals surface area contributed by atoms with Crippen LogP contribution in [0, 0.1) is 0 Å². The number of hydrogen-bond donors (Lipinski definition) is 0. The van der Waals surface area contributed by atoms with Gasteiger partial charge in [0.15, 0.2) is 5.16 Å². The van der Waals surface area contributed by atoms with E-state index in [0.29, 0.717) is 10.8 Å². The molecular weight excluding hydrogens is 270 g/mol. The fourth-order valence-corrected chi connectivity index (χ4v) is 2.71. The van der Waals surface area contributed by atoms with Crippen molar-refractivity contribution in [3.8, 4) is 5.75 Å². The maximum atomic E-state index is 6.12. The molecule has 0 saturated carbocycles. The first kappa shape index (κ1) is 13.2. The van der Waals surface area contributed by atoms with Crippen LogP contribution in [-0.2, 0) is 7.05 Å². The van der Waals surface area contributed by atoms with Crippen LogP contribution in [0.5, 0.6) is 5.75 Å². The van der Waals surface area contributed by atoms with Gasteiger partial charge in [0.2, 0.25) is 0 Å². The zero-order chi connectivity index (χ0) is 13.1. The van der Waals surface area contributed by atoms with Crippen LogP contribution in [0.25, 0.3) is 0 Å². The summed E-state index contributed by atoms with van der Waals surface area (Å²) < 4.78 is 7.03. The van der Waals surface area contributed by atoms with Crippen LogP contribution in [0.1, 0.15) is 17.7 Å². The van der Waals surface area contributed by atoms with Crippen molar-refractivity contribution in [3.63, 3.8) is 0 Å². The summed E-state index contributed by atoms with van der Waals surface area (Å²) in [5, 5.41) is 9.67. The molecule has 1 atom stereocenters. The van der Waals surface area contributed by atoms with Gasteiger partial charge in [-0.05, 0) is 24.6 Å². The lowest BCUT2D eigenvalue weighted by Gasteiger charge is -2.12. The summed E-state index contributed by atoms with van der Waals surface area (Å²) in [5.74, 6) is 0.691. The second kappa shape index (κ2) is 5.63. The molecule has 0 bridgehead atoms. The van der Waals surface area contributed by atoms with E-state index in [0.717, 1.165) is 10.7 Å². The second-order valence-corrected chi connectivity index (χ2v) is 5.59. The van der Waals surface area contributed by atoms with E-state index < -0.39 is 0 Å². The van der Waals surface area contributed by atoms with Crippen molar-refractivity contribution < 1.29 is 4.74 Å². The summed E-state index contributed by atoms with van der Waals surface area (Å²) in [7, 11) is 3.54. The third-order valence-electron chi connectivity index (χ3n) is 2.60. The van der Waals surface area contributed by atoms with Gasteiger partial charge in [0.1, 0.15) is 12.1 Å². The van der Waals surface area contributed by atoms with Crippen LogP contribution in [0.4, 0.5) is 0 Å². The summed E-state index contributed by atoms with van der Waals surface area (Å²) in [6.45, 7) is 2.11. The lowest BCUT2D eigenvalue weighted by Crippen LogP contribution is -1.94. The third kappa shape index (κ3) is 2.79. The summed E-state index contributed by atoms with van der Waals surface area (Å²) in [6.07, 6.45) is 1.69. The largest absolute Gasteiger partial charge is 0.495 e. The number of aromatic nitrogens is 3. The first-order valence-corrected chi connectivity index (χ1v) is 6.71. The Morgan fingerprint density at radius 2 is 2.22 bits per heavy atom. The fraction of sp³-hybridized carbons (Fsp3) is 0.333.